The predicted molar refractivity (Wildman–Crippen MR) is 82.3 cm³/mol. The lowest BCUT2D eigenvalue weighted by molar-refractivity contribution is 0.320. The van der Waals surface area contributed by atoms with Crippen LogP contribution in [0.15, 0.2) is 30.3 Å². The van der Waals surface area contributed by atoms with Crippen molar-refractivity contribution in [1.82, 2.24) is 4.90 Å². The van der Waals surface area contributed by atoms with Gasteiger partial charge in [-0.1, -0.05) is 30.3 Å². The summed E-state index contributed by atoms with van der Waals surface area (Å²) in [6.07, 6.45) is 4.22. The van der Waals surface area contributed by atoms with Crippen LogP contribution in [0.25, 0.3) is 0 Å². The van der Waals surface area contributed by atoms with Gasteiger partial charge in [-0.2, -0.15) is 5.26 Å². The zero-order valence-electron chi connectivity index (χ0n) is 12.4. The molecule has 1 aliphatic heterocycles. The maximum atomic E-state index is 8.88. The SMILES string of the molecule is CC(N)(C#N)CCCCN1CCC(c2ccccc2)C1. The van der Waals surface area contributed by atoms with Gasteiger partial charge in [0.1, 0.15) is 5.54 Å². The van der Waals surface area contributed by atoms with Crippen molar-refractivity contribution >= 4 is 0 Å². The average molecular weight is 271 g/mol. The fourth-order valence-electron chi connectivity index (χ4n) is 2.92. The molecule has 0 aliphatic carbocycles. The molecule has 3 nitrogen and oxygen atoms in total. The zero-order chi connectivity index (χ0) is 14.4. The zero-order valence-corrected chi connectivity index (χ0v) is 12.4. The Morgan fingerprint density at radius 1 is 1.35 bits per heavy atom. The molecule has 2 N–H and O–H groups in total. The van der Waals surface area contributed by atoms with Crippen LogP contribution in [0.1, 0.15) is 44.1 Å². The maximum absolute atomic E-state index is 8.88. The van der Waals surface area contributed by atoms with Gasteiger partial charge in [-0.05, 0) is 57.2 Å². The van der Waals surface area contributed by atoms with Crippen molar-refractivity contribution in [2.75, 3.05) is 19.6 Å². The number of nitrogens with zero attached hydrogens (tertiary/aromatic N) is 2. The molecular weight excluding hydrogens is 246 g/mol. The molecule has 0 aromatic heterocycles. The average Bonchev–Trinajstić information content (AvgIpc) is 2.93. The number of rotatable bonds is 6. The molecule has 0 spiro atoms. The minimum absolute atomic E-state index is 0.655. The maximum Gasteiger partial charge on any atom is 0.101 e. The number of hydrogen-bond acceptors (Lipinski definition) is 3. The summed E-state index contributed by atoms with van der Waals surface area (Å²) in [6, 6.07) is 13.0. The minimum Gasteiger partial charge on any atom is -0.314 e. The van der Waals surface area contributed by atoms with Crippen LogP contribution in [0, 0.1) is 11.3 Å². The van der Waals surface area contributed by atoms with Gasteiger partial charge in [-0.3, -0.25) is 0 Å². The Kier molecular flexibility index (Phi) is 5.17. The monoisotopic (exact) mass is 271 g/mol. The Morgan fingerprint density at radius 2 is 2.10 bits per heavy atom. The van der Waals surface area contributed by atoms with E-state index < -0.39 is 5.54 Å². The van der Waals surface area contributed by atoms with Gasteiger partial charge in [0.25, 0.3) is 0 Å². The summed E-state index contributed by atoms with van der Waals surface area (Å²) in [4.78, 5) is 2.54. The van der Waals surface area contributed by atoms with E-state index in [9.17, 15) is 0 Å². The molecule has 1 aliphatic rings. The largest absolute Gasteiger partial charge is 0.314 e. The third-order valence-electron chi connectivity index (χ3n) is 4.22. The first-order valence-electron chi connectivity index (χ1n) is 7.58. The second-order valence-electron chi connectivity index (χ2n) is 6.18. The first-order chi connectivity index (χ1) is 9.61. The lowest BCUT2D eigenvalue weighted by Gasteiger charge is -2.18. The van der Waals surface area contributed by atoms with E-state index in [1.165, 1.54) is 25.1 Å². The Hall–Kier alpha value is -1.37. The molecule has 2 rings (SSSR count). The molecule has 20 heavy (non-hydrogen) atoms. The van der Waals surface area contributed by atoms with Crippen LogP contribution >= 0.6 is 0 Å². The standard InChI is InChI=1S/C17H25N3/c1-17(19,14-18)10-5-6-11-20-12-9-16(13-20)15-7-3-2-4-8-15/h2-4,7-8,16H,5-6,9-13,19H2,1H3. The lowest BCUT2D eigenvalue weighted by Crippen LogP contribution is -2.34. The minimum atomic E-state index is -0.655. The number of nitrogens with two attached hydrogens (primary N) is 1. The topological polar surface area (TPSA) is 53.1 Å². The van der Waals surface area contributed by atoms with Crippen molar-refractivity contribution in [3.05, 3.63) is 35.9 Å². The summed E-state index contributed by atoms with van der Waals surface area (Å²) < 4.78 is 0. The number of likely N-dealkylation sites (tertiary alicyclic amines) is 1. The van der Waals surface area contributed by atoms with Gasteiger partial charge < -0.3 is 10.6 Å². The van der Waals surface area contributed by atoms with Crippen LogP contribution in [0.2, 0.25) is 0 Å². The van der Waals surface area contributed by atoms with Crippen molar-refractivity contribution in [3.63, 3.8) is 0 Å². The molecule has 1 aromatic rings. The summed E-state index contributed by atoms with van der Waals surface area (Å²) in [5.74, 6) is 0.690. The molecule has 0 saturated carbocycles. The van der Waals surface area contributed by atoms with Crippen molar-refractivity contribution in [1.29, 1.82) is 5.26 Å². The highest BCUT2D eigenvalue weighted by atomic mass is 15.1. The quantitative estimate of drug-likeness (QED) is 0.809. The fourth-order valence-corrected chi connectivity index (χ4v) is 2.92. The van der Waals surface area contributed by atoms with E-state index in [0.29, 0.717) is 5.92 Å². The summed E-state index contributed by atoms with van der Waals surface area (Å²) in [6.45, 7) is 5.30. The number of nitriles is 1. The molecule has 0 amide bonds. The highest BCUT2D eigenvalue weighted by Crippen LogP contribution is 2.27. The second-order valence-corrected chi connectivity index (χ2v) is 6.18. The van der Waals surface area contributed by atoms with Crippen molar-refractivity contribution in [2.24, 2.45) is 5.73 Å². The van der Waals surface area contributed by atoms with Gasteiger partial charge in [-0.25, -0.2) is 0 Å². The summed E-state index contributed by atoms with van der Waals surface area (Å²) in [7, 11) is 0. The van der Waals surface area contributed by atoms with Gasteiger partial charge in [-0.15, -0.1) is 0 Å². The Bertz CT molecular complexity index is 447. The van der Waals surface area contributed by atoms with Crippen molar-refractivity contribution in [3.8, 4) is 6.07 Å². The van der Waals surface area contributed by atoms with Gasteiger partial charge in [0, 0.05) is 6.54 Å². The van der Waals surface area contributed by atoms with E-state index in [1.54, 1.807) is 0 Å². The third-order valence-corrected chi connectivity index (χ3v) is 4.22. The lowest BCUT2D eigenvalue weighted by atomic mass is 9.98. The van der Waals surface area contributed by atoms with Crippen LogP contribution in [0.3, 0.4) is 0 Å². The fraction of sp³-hybridized carbons (Fsp3) is 0.588. The first kappa shape index (κ1) is 15.0. The second kappa shape index (κ2) is 6.88. The summed E-state index contributed by atoms with van der Waals surface area (Å²) >= 11 is 0. The summed E-state index contributed by atoms with van der Waals surface area (Å²) in [5, 5.41) is 8.88. The molecule has 0 bridgehead atoms. The van der Waals surface area contributed by atoms with Crippen molar-refractivity contribution < 1.29 is 0 Å². The van der Waals surface area contributed by atoms with Crippen LogP contribution < -0.4 is 5.73 Å². The van der Waals surface area contributed by atoms with E-state index in [-0.39, 0.29) is 0 Å². The van der Waals surface area contributed by atoms with E-state index in [1.807, 2.05) is 6.92 Å². The van der Waals surface area contributed by atoms with E-state index in [0.717, 1.165) is 25.8 Å². The predicted octanol–water partition coefficient (Wildman–Crippen LogP) is 2.89. The smallest absolute Gasteiger partial charge is 0.101 e. The molecule has 3 heteroatoms. The Morgan fingerprint density at radius 3 is 2.80 bits per heavy atom. The molecule has 1 aromatic carbocycles. The van der Waals surface area contributed by atoms with E-state index in [4.69, 9.17) is 11.0 Å². The number of unbranched alkanes of at least 4 members (excludes halogenated alkanes) is 1. The normalized spacial score (nSPS) is 22.4. The number of benzene rings is 1. The van der Waals surface area contributed by atoms with E-state index >= 15 is 0 Å². The van der Waals surface area contributed by atoms with Crippen LogP contribution in [-0.2, 0) is 0 Å². The van der Waals surface area contributed by atoms with Gasteiger partial charge in [0.2, 0.25) is 0 Å². The Balaban J connectivity index is 1.68. The molecular formula is C17H25N3. The third kappa shape index (κ3) is 4.33. The van der Waals surface area contributed by atoms with E-state index in [2.05, 4.69) is 41.3 Å². The molecule has 1 saturated heterocycles. The first-order valence-corrected chi connectivity index (χ1v) is 7.58. The summed E-state index contributed by atoms with van der Waals surface area (Å²) in [5.41, 5.74) is 6.65. The molecule has 2 unspecified atom stereocenters. The van der Waals surface area contributed by atoms with Gasteiger partial charge in [0.05, 0.1) is 6.07 Å². The molecule has 1 heterocycles. The van der Waals surface area contributed by atoms with Crippen LogP contribution in [-0.4, -0.2) is 30.1 Å². The molecule has 1 fully saturated rings. The van der Waals surface area contributed by atoms with Gasteiger partial charge >= 0.3 is 0 Å². The number of hydrogen-bond donors (Lipinski definition) is 1. The molecule has 0 radical (unpaired) electrons. The van der Waals surface area contributed by atoms with Crippen molar-refractivity contribution in [2.45, 2.75) is 44.1 Å². The van der Waals surface area contributed by atoms with Crippen LogP contribution in [0.4, 0.5) is 0 Å². The highest BCUT2D eigenvalue weighted by Gasteiger charge is 2.23. The molecule has 2 atom stereocenters. The Labute approximate surface area is 122 Å². The van der Waals surface area contributed by atoms with Gasteiger partial charge in [0.15, 0.2) is 0 Å². The highest BCUT2D eigenvalue weighted by molar-refractivity contribution is 5.20. The molecule has 108 valence electrons. The van der Waals surface area contributed by atoms with Crippen LogP contribution in [0.5, 0.6) is 0 Å².